The number of anilines is 2. The molecule has 0 spiro atoms. The van der Waals surface area contributed by atoms with Crippen LogP contribution in [-0.4, -0.2) is 73.2 Å². The molecule has 1 aliphatic carbocycles. The number of pyridine rings is 1. The Labute approximate surface area is 219 Å². The van der Waals surface area contributed by atoms with Crippen molar-refractivity contribution in [3.05, 3.63) is 30.2 Å². The second-order valence-corrected chi connectivity index (χ2v) is 11.3. The third kappa shape index (κ3) is 7.01. The van der Waals surface area contributed by atoms with Crippen LogP contribution in [0.5, 0.6) is 0 Å². The minimum atomic E-state index is -1.01. The zero-order valence-corrected chi connectivity index (χ0v) is 22.9. The second-order valence-electron chi connectivity index (χ2n) is 11.3. The van der Waals surface area contributed by atoms with Gasteiger partial charge in [-0.3, -0.25) is 14.7 Å². The van der Waals surface area contributed by atoms with E-state index in [2.05, 4.69) is 15.3 Å². The summed E-state index contributed by atoms with van der Waals surface area (Å²) in [6.07, 6.45) is 7.26. The Morgan fingerprint density at radius 3 is 2.05 bits per heavy atom. The molecule has 1 aliphatic heterocycles. The molecule has 10 nitrogen and oxygen atoms in total. The predicted octanol–water partition coefficient (Wildman–Crippen LogP) is 3.01. The number of aliphatic hydroxyl groups is 3. The number of carbonyl (C=O) groups excluding carboxylic acids is 1. The van der Waals surface area contributed by atoms with E-state index in [9.17, 15) is 9.90 Å². The molecule has 204 valence electrons. The lowest BCUT2D eigenvalue weighted by atomic mass is 9.90. The lowest BCUT2D eigenvalue weighted by molar-refractivity contribution is -0.118. The maximum Gasteiger partial charge on any atom is 0.247 e. The van der Waals surface area contributed by atoms with E-state index in [-0.39, 0.29) is 24.6 Å². The molecule has 37 heavy (non-hydrogen) atoms. The summed E-state index contributed by atoms with van der Waals surface area (Å²) in [6, 6.07) is 3.75. The van der Waals surface area contributed by atoms with E-state index < -0.39 is 16.8 Å². The molecule has 1 saturated carbocycles. The van der Waals surface area contributed by atoms with Gasteiger partial charge < -0.3 is 25.4 Å². The van der Waals surface area contributed by atoms with Crippen molar-refractivity contribution < 1.29 is 24.9 Å². The van der Waals surface area contributed by atoms with Gasteiger partial charge in [-0.2, -0.15) is 0 Å². The topological polar surface area (TPSA) is 141 Å². The lowest BCUT2D eigenvalue weighted by Crippen LogP contribution is -2.49. The van der Waals surface area contributed by atoms with Crippen LogP contribution in [0.3, 0.4) is 0 Å². The van der Waals surface area contributed by atoms with Gasteiger partial charge in [-0.05, 0) is 79.4 Å². The van der Waals surface area contributed by atoms with Crippen LogP contribution in [0.25, 0.3) is 11.3 Å². The van der Waals surface area contributed by atoms with Crippen molar-refractivity contribution >= 4 is 17.5 Å². The number of methoxy groups -OCH3 is 1. The summed E-state index contributed by atoms with van der Waals surface area (Å²) in [4.78, 5) is 28.2. The largest absolute Gasteiger partial charge is 0.387 e. The molecule has 0 unspecified atom stereocenters. The fourth-order valence-corrected chi connectivity index (χ4v) is 4.00. The van der Waals surface area contributed by atoms with E-state index in [0.29, 0.717) is 23.0 Å². The van der Waals surface area contributed by atoms with Crippen molar-refractivity contribution in [2.45, 2.75) is 96.2 Å². The molecule has 2 aromatic heterocycles. The molecular formula is C27H41N5O5. The highest BCUT2D eigenvalue weighted by Gasteiger charge is 2.35. The summed E-state index contributed by atoms with van der Waals surface area (Å²) in [5, 5.41) is 31.4. The number of nitrogens with one attached hydrogen (secondary N) is 1. The third-order valence-electron chi connectivity index (χ3n) is 7.18. The molecule has 0 atom stereocenters. The molecular weight excluding hydrogens is 474 g/mol. The Bertz CT molecular complexity index is 1050. The highest BCUT2D eigenvalue weighted by molar-refractivity contribution is 6.01. The van der Waals surface area contributed by atoms with E-state index in [1.165, 1.54) is 0 Å². The van der Waals surface area contributed by atoms with Crippen LogP contribution in [0.4, 0.5) is 11.6 Å². The average Bonchev–Trinajstić information content (AvgIpc) is 2.82. The van der Waals surface area contributed by atoms with Crippen molar-refractivity contribution in [2.75, 3.05) is 23.9 Å². The van der Waals surface area contributed by atoms with Crippen LogP contribution in [0, 0.1) is 0 Å². The van der Waals surface area contributed by atoms with Gasteiger partial charge in [0.15, 0.2) is 11.6 Å². The van der Waals surface area contributed by atoms with Crippen LogP contribution in [-0.2, 0) is 15.1 Å². The van der Waals surface area contributed by atoms with E-state index in [1.54, 1.807) is 67.1 Å². The number of aromatic nitrogens is 3. The molecule has 2 aromatic rings. The minimum absolute atomic E-state index is 0.0142. The number of nitrogens with zero attached hydrogens (tertiary/aromatic N) is 4. The molecule has 0 aromatic carbocycles. The lowest BCUT2D eigenvalue weighted by Gasteiger charge is -2.38. The summed E-state index contributed by atoms with van der Waals surface area (Å²) < 4.78 is 5.47. The number of hydrogen-bond donors (Lipinski definition) is 4. The Morgan fingerprint density at radius 2 is 1.57 bits per heavy atom. The molecule has 1 fully saturated rings. The SMILES string of the molecule is CC(C)(O)C(C)(C)O.COC1CCC(N2C(=O)CNc3ncc(-c4ccc(C(C)(C)O)nc4)nc32)CC1. The van der Waals surface area contributed by atoms with Gasteiger partial charge in [0.2, 0.25) is 5.91 Å². The zero-order chi connectivity index (χ0) is 27.6. The minimum Gasteiger partial charge on any atom is -0.387 e. The van der Waals surface area contributed by atoms with Crippen LogP contribution >= 0.6 is 0 Å². The van der Waals surface area contributed by atoms with Crippen molar-refractivity contribution in [1.29, 1.82) is 0 Å². The molecule has 0 saturated heterocycles. The van der Waals surface area contributed by atoms with E-state index >= 15 is 0 Å². The number of carbonyl (C=O) groups is 1. The number of hydrogen-bond acceptors (Lipinski definition) is 9. The van der Waals surface area contributed by atoms with Crippen LogP contribution in [0.2, 0.25) is 0 Å². The van der Waals surface area contributed by atoms with E-state index in [1.807, 2.05) is 11.0 Å². The fourth-order valence-electron chi connectivity index (χ4n) is 4.00. The van der Waals surface area contributed by atoms with Gasteiger partial charge in [-0.1, -0.05) is 0 Å². The maximum atomic E-state index is 12.7. The summed E-state index contributed by atoms with van der Waals surface area (Å²) in [6.45, 7) is 9.93. The number of amides is 1. The summed E-state index contributed by atoms with van der Waals surface area (Å²) in [5.41, 5.74) is -1.01. The first-order valence-electron chi connectivity index (χ1n) is 12.7. The van der Waals surface area contributed by atoms with Crippen molar-refractivity contribution in [2.24, 2.45) is 0 Å². The van der Waals surface area contributed by atoms with Gasteiger partial charge in [0, 0.05) is 24.9 Å². The van der Waals surface area contributed by atoms with Crippen molar-refractivity contribution in [3.63, 3.8) is 0 Å². The molecule has 3 heterocycles. The molecule has 0 radical (unpaired) electrons. The van der Waals surface area contributed by atoms with Crippen LogP contribution in [0.1, 0.15) is 72.9 Å². The van der Waals surface area contributed by atoms with Gasteiger partial charge in [0.1, 0.15) is 5.60 Å². The van der Waals surface area contributed by atoms with Crippen LogP contribution < -0.4 is 10.2 Å². The number of fused-ring (bicyclic) bond motifs is 1. The fraction of sp³-hybridized carbons (Fsp3) is 0.630. The first-order chi connectivity index (χ1) is 17.1. The maximum absolute atomic E-state index is 12.7. The van der Waals surface area contributed by atoms with Gasteiger partial charge >= 0.3 is 0 Å². The highest BCUT2D eigenvalue weighted by Crippen LogP contribution is 2.34. The molecule has 2 aliphatic rings. The monoisotopic (exact) mass is 515 g/mol. The summed E-state index contributed by atoms with van der Waals surface area (Å²) in [7, 11) is 1.74. The zero-order valence-electron chi connectivity index (χ0n) is 22.9. The summed E-state index contributed by atoms with van der Waals surface area (Å²) >= 11 is 0. The summed E-state index contributed by atoms with van der Waals surface area (Å²) in [5.74, 6) is 1.22. The Hall–Kier alpha value is -2.66. The van der Waals surface area contributed by atoms with Gasteiger partial charge in [-0.25, -0.2) is 9.97 Å². The molecule has 0 bridgehead atoms. The Kier molecular flexibility index (Phi) is 8.58. The first-order valence-corrected chi connectivity index (χ1v) is 12.7. The average molecular weight is 516 g/mol. The Morgan fingerprint density at radius 1 is 0.946 bits per heavy atom. The molecule has 4 rings (SSSR count). The molecule has 10 heteroatoms. The second kappa shape index (κ2) is 11.0. The van der Waals surface area contributed by atoms with E-state index in [0.717, 1.165) is 31.2 Å². The van der Waals surface area contributed by atoms with Crippen molar-refractivity contribution in [3.8, 4) is 11.3 Å². The normalized spacial score (nSPS) is 20.5. The first kappa shape index (κ1) is 28.9. The predicted molar refractivity (Wildman–Crippen MR) is 142 cm³/mol. The highest BCUT2D eigenvalue weighted by atomic mass is 16.5. The van der Waals surface area contributed by atoms with E-state index in [4.69, 9.17) is 19.9 Å². The van der Waals surface area contributed by atoms with Crippen LogP contribution in [0.15, 0.2) is 24.5 Å². The molecule has 1 amide bonds. The van der Waals surface area contributed by atoms with Crippen molar-refractivity contribution in [1.82, 2.24) is 15.0 Å². The number of rotatable bonds is 5. The standard InChI is InChI=1S/C21H27N5O3.C6H14O2/c1-21(2,28)17-9-4-13(10-22-17)16-11-23-19-20(25-16)26(18(27)12-24-19)14-5-7-15(29-3)8-6-14;1-5(2,7)6(3,4)8/h4,9-11,14-15,28H,5-8,12H2,1-3H3,(H,23,24);7-8H,1-4H3. The number of ether oxygens (including phenoxy) is 1. The van der Waals surface area contributed by atoms with Gasteiger partial charge in [-0.15, -0.1) is 0 Å². The Balaban J connectivity index is 0.000000414. The quantitative estimate of drug-likeness (QED) is 0.473. The van der Waals surface area contributed by atoms with Gasteiger partial charge in [0.05, 0.1) is 41.4 Å². The third-order valence-corrected chi connectivity index (χ3v) is 7.18. The molecule has 4 N–H and O–H groups in total. The van der Waals surface area contributed by atoms with Gasteiger partial charge in [0.25, 0.3) is 0 Å². The smallest absolute Gasteiger partial charge is 0.247 e.